The van der Waals surface area contributed by atoms with Crippen LogP contribution in [0.25, 0.3) is 0 Å². The van der Waals surface area contributed by atoms with Gasteiger partial charge in [-0.15, -0.1) is 0 Å². The maximum Gasteiger partial charge on any atom is 0.0897 e. The summed E-state index contributed by atoms with van der Waals surface area (Å²) in [6.07, 6.45) is 19.9. The Morgan fingerprint density at radius 1 is 0.852 bits per heavy atom. The van der Waals surface area contributed by atoms with Crippen LogP contribution in [0, 0.1) is 17.8 Å². The molecule has 150 valence electrons. The molecule has 2 saturated carbocycles. The van der Waals surface area contributed by atoms with Gasteiger partial charge in [0.05, 0.1) is 6.67 Å². The average molecular weight is 371 g/mol. The SMILES string of the molecule is CCc1ccc([C@H]2CC[C@H]([C@H]3CC[C@H](CC=CCCCF)CC3)CC2)cc1. The highest BCUT2D eigenvalue weighted by Gasteiger charge is 2.30. The van der Waals surface area contributed by atoms with Crippen molar-refractivity contribution in [2.75, 3.05) is 6.67 Å². The summed E-state index contributed by atoms with van der Waals surface area (Å²) in [5.74, 6) is 3.66. The van der Waals surface area contributed by atoms with Crippen LogP contribution in [0.2, 0.25) is 0 Å². The van der Waals surface area contributed by atoms with E-state index in [1.165, 1.54) is 63.4 Å². The highest BCUT2D eigenvalue weighted by Crippen LogP contribution is 2.44. The molecule has 0 spiro atoms. The molecule has 0 heterocycles. The molecule has 0 amide bonds. The normalized spacial score (nSPS) is 29.3. The molecule has 27 heavy (non-hydrogen) atoms. The first-order valence-corrected chi connectivity index (χ1v) is 11.6. The molecular weight excluding hydrogens is 331 g/mol. The maximum absolute atomic E-state index is 12.1. The van der Waals surface area contributed by atoms with Gasteiger partial charge in [0.15, 0.2) is 0 Å². The summed E-state index contributed by atoms with van der Waals surface area (Å²) in [6, 6.07) is 9.43. The van der Waals surface area contributed by atoms with Crippen molar-refractivity contribution in [2.24, 2.45) is 17.8 Å². The Bertz CT molecular complexity index is 542. The van der Waals surface area contributed by atoms with Gasteiger partial charge in [-0.1, -0.05) is 43.3 Å². The third kappa shape index (κ3) is 6.19. The Hall–Kier alpha value is -1.11. The van der Waals surface area contributed by atoms with Crippen LogP contribution in [-0.2, 0) is 6.42 Å². The van der Waals surface area contributed by atoms with Crippen molar-refractivity contribution in [1.82, 2.24) is 0 Å². The van der Waals surface area contributed by atoms with Crippen molar-refractivity contribution in [1.29, 1.82) is 0 Å². The summed E-state index contributed by atoms with van der Waals surface area (Å²) in [4.78, 5) is 0. The summed E-state index contributed by atoms with van der Waals surface area (Å²) >= 11 is 0. The molecule has 2 aliphatic rings. The topological polar surface area (TPSA) is 0 Å². The third-order valence-electron chi connectivity index (χ3n) is 7.33. The lowest BCUT2D eigenvalue weighted by Gasteiger charge is -2.38. The fourth-order valence-electron chi connectivity index (χ4n) is 5.45. The first-order chi connectivity index (χ1) is 13.3. The smallest absolute Gasteiger partial charge is 0.0897 e. The molecule has 0 bridgehead atoms. The molecule has 0 atom stereocenters. The molecule has 1 heteroatoms. The zero-order valence-corrected chi connectivity index (χ0v) is 17.3. The van der Waals surface area contributed by atoms with Crippen molar-refractivity contribution < 1.29 is 4.39 Å². The van der Waals surface area contributed by atoms with E-state index in [4.69, 9.17) is 0 Å². The van der Waals surface area contributed by atoms with Crippen LogP contribution >= 0.6 is 0 Å². The van der Waals surface area contributed by atoms with Gasteiger partial charge in [-0.2, -0.15) is 0 Å². The van der Waals surface area contributed by atoms with Crippen LogP contribution in [-0.4, -0.2) is 6.67 Å². The molecule has 1 aromatic carbocycles. The third-order valence-corrected chi connectivity index (χ3v) is 7.33. The summed E-state index contributed by atoms with van der Waals surface area (Å²) in [5.41, 5.74) is 3.04. The molecule has 0 N–H and O–H groups in total. The fourth-order valence-corrected chi connectivity index (χ4v) is 5.45. The molecule has 1 aromatic rings. The van der Waals surface area contributed by atoms with E-state index >= 15 is 0 Å². The van der Waals surface area contributed by atoms with E-state index in [1.54, 1.807) is 5.56 Å². The number of unbranched alkanes of at least 4 members (excludes halogenated alkanes) is 1. The van der Waals surface area contributed by atoms with Crippen LogP contribution < -0.4 is 0 Å². The molecule has 0 unspecified atom stereocenters. The van der Waals surface area contributed by atoms with Crippen LogP contribution in [0.15, 0.2) is 36.4 Å². The second-order valence-corrected chi connectivity index (χ2v) is 9.03. The Balaban J connectivity index is 1.37. The lowest BCUT2D eigenvalue weighted by Crippen LogP contribution is -2.25. The molecule has 0 saturated heterocycles. The van der Waals surface area contributed by atoms with Gasteiger partial charge < -0.3 is 0 Å². The first kappa shape index (κ1) is 20.6. The molecule has 0 aromatic heterocycles. The highest BCUT2D eigenvalue weighted by atomic mass is 19.1. The molecule has 0 radical (unpaired) electrons. The number of hydrogen-bond acceptors (Lipinski definition) is 0. The van der Waals surface area contributed by atoms with E-state index < -0.39 is 0 Å². The van der Waals surface area contributed by atoms with Gasteiger partial charge >= 0.3 is 0 Å². The Kier molecular flexibility index (Phi) is 8.42. The van der Waals surface area contributed by atoms with Crippen molar-refractivity contribution in [3.05, 3.63) is 47.5 Å². The van der Waals surface area contributed by atoms with E-state index in [2.05, 4.69) is 43.3 Å². The molecule has 2 fully saturated rings. The van der Waals surface area contributed by atoms with Gasteiger partial charge in [-0.3, -0.25) is 4.39 Å². The Morgan fingerprint density at radius 3 is 2.07 bits per heavy atom. The average Bonchev–Trinajstić information content (AvgIpc) is 2.74. The summed E-state index contributed by atoms with van der Waals surface area (Å²) < 4.78 is 12.1. The number of rotatable bonds is 8. The van der Waals surface area contributed by atoms with Crippen molar-refractivity contribution in [2.45, 2.75) is 89.9 Å². The maximum atomic E-state index is 12.1. The van der Waals surface area contributed by atoms with Crippen molar-refractivity contribution in [3.8, 4) is 0 Å². The van der Waals surface area contributed by atoms with E-state index in [0.29, 0.717) is 6.42 Å². The first-order valence-electron chi connectivity index (χ1n) is 11.6. The number of halogens is 1. The quantitative estimate of drug-likeness (QED) is 0.321. The summed E-state index contributed by atoms with van der Waals surface area (Å²) in [6.45, 7) is 2.06. The Labute approximate surface area is 166 Å². The number of allylic oxidation sites excluding steroid dienone is 2. The minimum atomic E-state index is -0.179. The van der Waals surface area contributed by atoms with Gasteiger partial charge in [-0.25, -0.2) is 0 Å². The second-order valence-electron chi connectivity index (χ2n) is 9.03. The van der Waals surface area contributed by atoms with Gasteiger partial charge in [0.1, 0.15) is 0 Å². The van der Waals surface area contributed by atoms with Gasteiger partial charge in [0.25, 0.3) is 0 Å². The van der Waals surface area contributed by atoms with Gasteiger partial charge in [-0.05, 0) is 112 Å². The standard InChI is InChI=1S/C26H39F/c1-2-21-8-12-23(13-9-21)25-16-18-26(19-17-25)24-14-10-22(11-15-24)7-5-3-4-6-20-27/h3,5,8-9,12-13,22,24-26H,2,4,6-7,10-11,14-20H2,1H3/t22-,24-,25-,26-. The second kappa shape index (κ2) is 11.0. The predicted molar refractivity (Wildman–Crippen MR) is 115 cm³/mol. The number of alkyl halides is 1. The van der Waals surface area contributed by atoms with E-state index in [9.17, 15) is 4.39 Å². The van der Waals surface area contributed by atoms with E-state index in [-0.39, 0.29) is 6.67 Å². The van der Waals surface area contributed by atoms with E-state index in [0.717, 1.165) is 36.5 Å². The molecule has 0 nitrogen and oxygen atoms in total. The number of hydrogen-bond donors (Lipinski definition) is 0. The van der Waals surface area contributed by atoms with Gasteiger partial charge in [0.2, 0.25) is 0 Å². The lowest BCUT2D eigenvalue weighted by molar-refractivity contribution is 0.160. The molecule has 3 rings (SSSR count). The monoisotopic (exact) mass is 370 g/mol. The largest absolute Gasteiger partial charge is 0.251 e. The summed E-state index contributed by atoms with van der Waals surface area (Å²) in [5, 5.41) is 0. The zero-order valence-electron chi connectivity index (χ0n) is 17.3. The highest BCUT2D eigenvalue weighted by molar-refractivity contribution is 5.25. The van der Waals surface area contributed by atoms with Crippen LogP contribution in [0.4, 0.5) is 4.39 Å². The van der Waals surface area contributed by atoms with Crippen molar-refractivity contribution in [3.63, 3.8) is 0 Å². The predicted octanol–water partition coefficient (Wildman–Crippen LogP) is 8.03. The molecular formula is C26H39F. The van der Waals surface area contributed by atoms with Crippen LogP contribution in [0.1, 0.15) is 94.6 Å². The minimum Gasteiger partial charge on any atom is -0.251 e. The summed E-state index contributed by atoms with van der Waals surface area (Å²) in [7, 11) is 0. The molecule has 2 aliphatic carbocycles. The van der Waals surface area contributed by atoms with Crippen LogP contribution in [0.3, 0.4) is 0 Å². The Morgan fingerprint density at radius 2 is 1.48 bits per heavy atom. The minimum absolute atomic E-state index is 0.179. The van der Waals surface area contributed by atoms with Crippen LogP contribution in [0.5, 0.6) is 0 Å². The molecule has 0 aliphatic heterocycles. The lowest BCUT2D eigenvalue weighted by atomic mass is 9.68. The zero-order chi connectivity index (χ0) is 18.9. The van der Waals surface area contributed by atoms with E-state index in [1.807, 2.05) is 0 Å². The fraction of sp³-hybridized carbons (Fsp3) is 0.692. The number of aryl methyl sites for hydroxylation is 1. The van der Waals surface area contributed by atoms with Crippen molar-refractivity contribution >= 4 is 0 Å². The number of benzene rings is 1. The van der Waals surface area contributed by atoms with Gasteiger partial charge in [0, 0.05) is 0 Å².